The normalized spacial score (nSPS) is 19.4. The van der Waals surface area contributed by atoms with Crippen molar-refractivity contribution in [3.63, 3.8) is 0 Å². The van der Waals surface area contributed by atoms with Gasteiger partial charge in [-0.15, -0.1) is 0 Å². The molecule has 0 aromatic heterocycles. The lowest BCUT2D eigenvalue weighted by atomic mass is 10.2. The van der Waals surface area contributed by atoms with Gasteiger partial charge in [-0.1, -0.05) is 0 Å². The Morgan fingerprint density at radius 3 is 2.39 bits per heavy atom. The van der Waals surface area contributed by atoms with Crippen LogP contribution in [0.4, 0.5) is 0 Å². The summed E-state index contributed by atoms with van der Waals surface area (Å²) in [4.78, 5) is 19.0. The second-order valence-electron chi connectivity index (χ2n) is 7.88. The number of sulfone groups is 1. The summed E-state index contributed by atoms with van der Waals surface area (Å²) in [5.74, 6) is 0.799. The van der Waals surface area contributed by atoms with Crippen LogP contribution in [0, 0.1) is 0 Å². The molecule has 0 aliphatic carbocycles. The van der Waals surface area contributed by atoms with Crippen molar-refractivity contribution in [1.29, 1.82) is 0 Å². The van der Waals surface area contributed by atoms with Crippen molar-refractivity contribution in [2.24, 2.45) is 4.99 Å². The van der Waals surface area contributed by atoms with E-state index in [9.17, 15) is 13.2 Å². The molecule has 1 atom stereocenters. The molecule has 164 valence electrons. The zero-order chi connectivity index (χ0) is 21.2. The molecular formula is C19H39N5O3S. The van der Waals surface area contributed by atoms with Gasteiger partial charge in [0.2, 0.25) is 5.91 Å². The van der Waals surface area contributed by atoms with Gasteiger partial charge in [0.05, 0.1) is 11.5 Å². The summed E-state index contributed by atoms with van der Waals surface area (Å²) in [5, 5.41) is 9.16. The Labute approximate surface area is 170 Å². The van der Waals surface area contributed by atoms with Gasteiger partial charge in [-0.2, -0.15) is 0 Å². The van der Waals surface area contributed by atoms with E-state index in [0.29, 0.717) is 31.0 Å². The van der Waals surface area contributed by atoms with Crippen molar-refractivity contribution >= 4 is 21.7 Å². The fourth-order valence-electron chi connectivity index (χ4n) is 3.40. The first-order valence-electron chi connectivity index (χ1n) is 10.4. The SMILES string of the molecule is CCNC(=NCCCN(C(C)C)C(C)C)NCCC(=O)NC1CCS(=O)(=O)C1. The van der Waals surface area contributed by atoms with Crippen molar-refractivity contribution in [1.82, 2.24) is 20.9 Å². The zero-order valence-electron chi connectivity index (χ0n) is 18.1. The predicted octanol–water partition coefficient (Wildman–Crippen LogP) is 0.744. The summed E-state index contributed by atoms with van der Waals surface area (Å²) < 4.78 is 22.9. The molecule has 1 aliphatic heterocycles. The zero-order valence-corrected chi connectivity index (χ0v) is 18.9. The molecule has 8 nitrogen and oxygen atoms in total. The molecule has 3 N–H and O–H groups in total. The number of carbonyl (C=O) groups excluding carboxylic acids is 1. The van der Waals surface area contributed by atoms with Gasteiger partial charge in [-0.05, 0) is 47.5 Å². The van der Waals surface area contributed by atoms with Crippen LogP contribution < -0.4 is 16.0 Å². The lowest BCUT2D eigenvalue weighted by Crippen LogP contribution is -2.41. The first kappa shape index (κ1) is 24.7. The number of hydrogen-bond donors (Lipinski definition) is 3. The van der Waals surface area contributed by atoms with Crippen LogP contribution in [-0.2, 0) is 14.6 Å². The van der Waals surface area contributed by atoms with Gasteiger partial charge >= 0.3 is 0 Å². The standard InChI is InChI=1S/C19H39N5O3S/c1-6-20-19(21-10-7-12-24(15(2)3)16(4)5)22-11-8-18(25)23-17-9-13-28(26,27)14-17/h15-17H,6-14H2,1-5H3,(H,23,25)(H2,20,21,22). The number of carbonyl (C=O) groups is 1. The first-order chi connectivity index (χ1) is 13.1. The predicted molar refractivity (Wildman–Crippen MR) is 115 cm³/mol. The van der Waals surface area contributed by atoms with E-state index >= 15 is 0 Å². The molecule has 0 bridgehead atoms. The maximum atomic E-state index is 12.0. The van der Waals surface area contributed by atoms with Crippen molar-refractivity contribution in [2.75, 3.05) is 37.7 Å². The molecule has 1 rings (SSSR count). The Morgan fingerprint density at radius 2 is 1.86 bits per heavy atom. The second-order valence-corrected chi connectivity index (χ2v) is 10.1. The molecule has 0 spiro atoms. The van der Waals surface area contributed by atoms with Crippen LogP contribution in [-0.4, -0.2) is 81.0 Å². The van der Waals surface area contributed by atoms with Crippen LogP contribution in [0.1, 0.15) is 53.9 Å². The molecule has 0 aromatic rings. The van der Waals surface area contributed by atoms with Crippen LogP contribution in [0.5, 0.6) is 0 Å². The molecule has 9 heteroatoms. The van der Waals surface area contributed by atoms with Gasteiger partial charge in [0.15, 0.2) is 15.8 Å². The fraction of sp³-hybridized carbons (Fsp3) is 0.895. The minimum absolute atomic E-state index is 0.0556. The van der Waals surface area contributed by atoms with Gasteiger partial charge < -0.3 is 16.0 Å². The number of rotatable bonds is 11. The molecule has 1 saturated heterocycles. The second kappa shape index (κ2) is 12.3. The number of aliphatic imine (C=N–C) groups is 1. The lowest BCUT2D eigenvalue weighted by molar-refractivity contribution is -0.121. The number of guanidine groups is 1. The van der Waals surface area contributed by atoms with E-state index in [1.54, 1.807) is 0 Å². The third-order valence-corrected chi connectivity index (χ3v) is 6.53. The Hall–Kier alpha value is -1.35. The maximum absolute atomic E-state index is 12.0. The van der Waals surface area contributed by atoms with E-state index in [4.69, 9.17) is 0 Å². The van der Waals surface area contributed by atoms with Crippen LogP contribution in [0.3, 0.4) is 0 Å². The minimum atomic E-state index is -2.98. The number of nitrogens with zero attached hydrogens (tertiary/aromatic N) is 2. The van der Waals surface area contributed by atoms with E-state index in [2.05, 4.69) is 53.5 Å². The molecular weight excluding hydrogens is 378 g/mol. The summed E-state index contributed by atoms with van der Waals surface area (Å²) in [6, 6.07) is 0.789. The topological polar surface area (TPSA) is 103 Å². The van der Waals surface area contributed by atoms with Crippen LogP contribution >= 0.6 is 0 Å². The van der Waals surface area contributed by atoms with Gasteiger partial charge in [-0.25, -0.2) is 8.42 Å². The highest BCUT2D eigenvalue weighted by Gasteiger charge is 2.28. The molecule has 0 aromatic carbocycles. The Bertz CT molecular complexity index is 597. The fourth-order valence-corrected chi connectivity index (χ4v) is 5.08. The largest absolute Gasteiger partial charge is 0.357 e. The summed E-state index contributed by atoms with van der Waals surface area (Å²) >= 11 is 0. The molecule has 0 radical (unpaired) electrons. The van der Waals surface area contributed by atoms with Crippen molar-refractivity contribution < 1.29 is 13.2 Å². The van der Waals surface area contributed by atoms with E-state index in [1.807, 2.05) is 6.92 Å². The van der Waals surface area contributed by atoms with E-state index in [-0.39, 0.29) is 29.9 Å². The van der Waals surface area contributed by atoms with Crippen LogP contribution in [0.15, 0.2) is 4.99 Å². The lowest BCUT2D eigenvalue weighted by Gasteiger charge is -2.30. The van der Waals surface area contributed by atoms with Gasteiger partial charge in [0, 0.05) is 50.7 Å². The van der Waals surface area contributed by atoms with Gasteiger partial charge in [0.1, 0.15) is 0 Å². The average Bonchev–Trinajstić information content (AvgIpc) is 2.92. The Balaban J connectivity index is 2.33. The van der Waals surface area contributed by atoms with E-state index in [0.717, 1.165) is 26.1 Å². The molecule has 0 saturated carbocycles. The van der Waals surface area contributed by atoms with Crippen molar-refractivity contribution in [2.45, 2.75) is 72.0 Å². The molecule has 1 unspecified atom stereocenters. The van der Waals surface area contributed by atoms with E-state index in [1.165, 1.54) is 0 Å². The molecule has 28 heavy (non-hydrogen) atoms. The highest BCUT2D eigenvalue weighted by Crippen LogP contribution is 2.11. The first-order valence-corrected chi connectivity index (χ1v) is 12.2. The van der Waals surface area contributed by atoms with E-state index < -0.39 is 9.84 Å². The smallest absolute Gasteiger partial charge is 0.222 e. The van der Waals surface area contributed by atoms with Gasteiger partial charge in [0.25, 0.3) is 0 Å². The molecule has 1 aliphatic rings. The van der Waals surface area contributed by atoms with Crippen LogP contribution in [0.2, 0.25) is 0 Å². The van der Waals surface area contributed by atoms with Gasteiger partial charge in [-0.3, -0.25) is 14.7 Å². The maximum Gasteiger partial charge on any atom is 0.222 e. The van der Waals surface area contributed by atoms with Crippen molar-refractivity contribution in [3.05, 3.63) is 0 Å². The Kier molecular flexibility index (Phi) is 10.8. The summed E-state index contributed by atoms with van der Waals surface area (Å²) in [7, 11) is -2.98. The highest BCUT2D eigenvalue weighted by atomic mass is 32.2. The number of hydrogen-bond acceptors (Lipinski definition) is 5. The highest BCUT2D eigenvalue weighted by molar-refractivity contribution is 7.91. The van der Waals surface area contributed by atoms with Crippen molar-refractivity contribution in [3.8, 4) is 0 Å². The molecule has 1 amide bonds. The quantitative estimate of drug-likeness (QED) is 0.260. The summed E-state index contributed by atoms with van der Waals surface area (Å²) in [5.41, 5.74) is 0. The molecule has 1 fully saturated rings. The average molecular weight is 418 g/mol. The molecule has 1 heterocycles. The Morgan fingerprint density at radius 1 is 1.18 bits per heavy atom. The third kappa shape index (κ3) is 9.73. The third-order valence-electron chi connectivity index (χ3n) is 4.76. The van der Waals surface area contributed by atoms with Crippen LogP contribution in [0.25, 0.3) is 0 Å². The monoisotopic (exact) mass is 417 g/mol. The number of nitrogens with one attached hydrogen (secondary N) is 3. The summed E-state index contributed by atoms with van der Waals surface area (Å²) in [6.07, 6.45) is 1.77. The summed E-state index contributed by atoms with van der Waals surface area (Å²) in [6.45, 7) is 13.8. The minimum Gasteiger partial charge on any atom is -0.357 e. The number of amides is 1.